The lowest BCUT2D eigenvalue weighted by atomic mass is 10.1. The second-order valence-corrected chi connectivity index (χ2v) is 5.85. The molecule has 0 bridgehead atoms. The third kappa shape index (κ3) is 4.50. The fourth-order valence-electron chi connectivity index (χ4n) is 2.62. The standard InChI is InChI=1S/C19H21N3O3/c1-24-17-10-5-14(6-11-17)18(23)21-15-7-2-13(3-8-15)4-9-16-12-25-19(20)22-16/h2-3,5-8,10-11,16H,4,9,12H2,1H3,(H2,20,22)(H,21,23). The first-order valence-corrected chi connectivity index (χ1v) is 8.14. The van der Waals surface area contributed by atoms with Crippen molar-refractivity contribution in [2.24, 2.45) is 10.7 Å². The number of methoxy groups -OCH3 is 1. The van der Waals surface area contributed by atoms with Crippen molar-refractivity contribution in [1.29, 1.82) is 0 Å². The largest absolute Gasteiger partial charge is 0.497 e. The summed E-state index contributed by atoms with van der Waals surface area (Å²) in [6, 6.07) is 15.2. The number of carbonyl (C=O) groups is 1. The van der Waals surface area contributed by atoms with Gasteiger partial charge < -0.3 is 20.5 Å². The first kappa shape index (κ1) is 16.8. The van der Waals surface area contributed by atoms with Gasteiger partial charge in [-0.2, -0.15) is 0 Å². The highest BCUT2D eigenvalue weighted by Gasteiger charge is 2.16. The topological polar surface area (TPSA) is 85.9 Å². The van der Waals surface area contributed by atoms with Gasteiger partial charge in [-0.05, 0) is 54.8 Å². The van der Waals surface area contributed by atoms with E-state index >= 15 is 0 Å². The van der Waals surface area contributed by atoms with Crippen molar-refractivity contribution in [2.75, 3.05) is 19.0 Å². The van der Waals surface area contributed by atoms with Crippen LogP contribution in [0.15, 0.2) is 53.5 Å². The number of ether oxygens (including phenoxy) is 2. The third-order valence-corrected chi connectivity index (χ3v) is 4.06. The van der Waals surface area contributed by atoms with Crippen LogP contribution in [0.2, 0.25) is 0 Å². The highest BCUT2D eigenvalue weighted by atomic mass is 16.5. The number of anilines is 1. The number of benzene rings is 2. The molecule has 0 aromatic heterocycles. The van der Waals surface area contributed by atoms with Gasteiger partial charge in [0.15, 0.2) is 0 Å². The van der Waals surface area contributed by atoms with Gasteiger partial charge in [-0.15, -0.1) is 0 Å². The lowest BCUT2D eigenvalue weighted by Gasteiger charge is -2.08. The Kier molecular flexibility index (Phi) is 5.18. The Bertz CT molecular complexity index is 754. The Morgan fingerprint density at radius 1 is 1.24 bits per heavy atom. The molecular formula is C19H21N3O3. The van der Waals surface area contributed by atoms with Crippen LogP contribution in [0.3, 0.4) is 0 Å². The van der Waals surface area contributed by atoms with Crippen LogP contribution in [0.1, 0.15) is 22.3 Å². The SMILES string of the molecule is COc1ccc(C(=O)Nc2ccc(CCC3COC(N)=N3)cc2)cc1. The van der Waals surface area contributed by atoms with Gasteiger partial charge >= 0.3 is 0 Å². The molecule has 0 radical (unpaired) electrons. The summed E-state index contributed by atoms with van der Waals surface area (Å²) in [4.78, 5) is 16.4. The average molecular weight is 339 g/mol. The molecule has 0 saturated carbocycles. The smallest absolute Gasteiger partial charge is 0.282 e. The molecule has 1 unspecified atom stereocenters. The molecule has 3 N–H and O–H groups in total. The molecule has 0 saturated heterocycles. The molecule has 3 rings (SSSR count). The van der Waals surface area contributed by atoms with Gasteiger partial charge in [0.2, 0.25) is 0 Å². The van der Waals surface area contributed by atoms with Gasteiger partial charge in [0.1, 0.15) is 12.4 Å². The zero-order valence-electron chi connectivity index (χ0n) is 14.1. The van der Waals surface area contributed by atoms with E-state index < -0.39 is 0 Å². The van der Waals surface area contributed by atoms with E-state index in [1.165, 1.54) is 5.56 Å². The summed E-state index contributed by atoms with van der Waals surface area (Å²) in [6.45, 7) is 0.557. The normalized spacial score (nSPS) is 16.0. The Morgan fingerprint density at radius 2 is 1.96 bits per heavy atom. The number of hydrogen-bond acceptors (Lipinski definition) is 5. The Morgan fingerprint density at radius 3 is 2.56 bits per heavy atom. The summed E-state index contributed by atoms with van der Waals surface area (Å²) < 4.78 is 10.2. The number of nitrogens with zero attached hydrogens (tertiary/aromatic N) is 1. The highest BCUT2D eigenvalue weighted by Crippen LogP contribution is 2.16. The molecule has 1 aliphatic rings. The van der Waals surface area contributed by atoms with E-state index in [1.807, 2.05) is 24.3 Å². The van der Waals surface area contributed by atoms with Gasteiger partial charge in [0, 0.05) is 11.3 Å². The number of nitrogens with two attached hydrogens (primary N) is 1. The van der Waals surface area contributed by atoms with Crippen LogP contribution >= 0.6 is 0 Å². The van der Waals surface area contributed by atoms with Crippen LogP contribution in [0.25, 0.3) is 0 Å². The van der Waals surface area contributed by atoms with Crippen molar-refractivity contribution < 1.29 is 14.3 Å². The minimum Gasteiger partial charge on any atom is -0.497 e. The monoisotopic (exact) mass is 339 g/mol. The van der Waals surface area contributed by atoms with Crippen LogP contribution in [-0.2, 0) is 11.2 Å². The van der Waals surface area contributed by atoms with E-state index in [0.717, 1.165) is 24.3 Å². The fraction of sp³-hybridized carbons (Fsp3) is 0.263. The number of aliphatic imine (C=N–C) groups is 1. The zero-order valence-corrected chi connectivity index (χ0v) is 14.1. The summed E-state index contributed by atoms with van der Waals surface area (Å²) in [5.74, 6) is 0.572. The third-order valence-electron chi connectivity index (χ3n) is 4.06. The van der Waals surface area contributed by atoms with Crippen molar-refractivity contribution in [2.45, 2.75) is 18.9 Å². The summed E-state index contributed by atoms with van der Waals surface area (Å²) in [7, 11) is 1.59. The Balaban J connectivity index is 1.53. The van der Waals surface area contributed by atoms with Gasteiger partial charge in [0.25, 0.3) is 11.9 Å². The minimum atomic E-state index is -0.150. The highest BCUT2D eigenvalue weighted by molar-refractivity contribution is 6.04. The quantitative estimate of drug-likeness (QED) is 0.847. The van der Waals surface area contributed by atoms with Crippen LogP contribution in [0, 0.1) is 0 Å². The lowest BCUT2D eigenvalue weighted by Crippen LogP contribution is -2.12. The predicted octanol–water partition coefficient (Wildman–Crippen LogP) is 2.59. The number of nitrogens with one attached hydrogen (secondary N) is 1. The molecule has 1 aliphatic heterocycles. The maximum absolute atomic E-state index is 12.2. The van der Waals surface area contributed by atoms with E-state index in [0.29, 0.717) is 12.2 Å². The molecule has 6 nitrogen and oxygen atoms in total. The summed E-state index contributed by atoms with van der Waals surface area (Å²) in [6.07, 6.45) is 1.77. The van der Waals surface area contributed by atoms with Crippen LogP contribution < -0.4 is 15.8 Å². The molecule has 130 valence electrons. The van der Waals surface area contributed by atoms with E-state index in [9.17, 15) is 4.79 Å². The van der Waals surface area contributed by atoms with E-state index in [2.05, 4.69) is 10.3 Å². The fourth-order valence-corrected chi connectivity index (χ4v) is 2.62. The van der Waals surface area contributed by atoms with Crippen molar-refractivity contribution in [1.82, 2.24) is 0 Å². The van der Waals surface area contributed by atoms with Gasteiger partial charge in [-0.3, -0.25) is 4.79 Å². The first-order valence-electron chi connectivity index (χ1n) is 8.14. The van der Waals surface area contributed by atoms with Crippen LogP contribution in [0.5, 0.6) is 5.75 Å². The first-order chi connectivity index (χ1) is 12.1. The molecule has 0 fully saturated rings. The second-order valence-electron chi connectivity index (χ2n) is 5.85. The lowest BCUT2D eigenvalue weighted by molar-refractivity contribution is 0.102. The number of aryl methyl sites for hydroxylation is 1. The summed E-state index contributed by atoms with van der Waals surface area (Å²) in [5, 5.41) is 2.89. The Labute approximate surface area is 146 Å². The predicted molar refractivity (Wildman–Crippen MR) is 97.1 cm³/mol. The number of carbonyl (C=O) groups excluding carboxylic acids is 1. The van der Waals surface area contributed by atoms with Crippen molar-refractivity contribution in [3.05, 3.63) is 59.7 Å². The molecule has 1 heterocycles. The van der Waals surface area contributed by atoms with Crippen LogP contribution in [0.4, 0.5) is 5.69 Å². The number of rotatable bonds is 6. The van der Waals surface area contributed by atoms with Crippen molar-refractivity contribution >= 4 is 17.6 Å². The maximum Gasteiger partial charge on any atom is 0.282 e. The van der Waals surface area contributed by atoms with Gasteiger partial charge in [-0.1, -0.05) is 12.1 Å². The van der Waals surface area contributed by atoms with E-state index in [1.54, 1.807) is 31.4 Å². The molecule has 0 aliphatic carbocycles. The molecule has 6 heteroatoms. The van der Waals surface area contributed by atoms with E-state index in [-0.39, 0.29) is 18.0 Å². The van der Waals surface area contributed by atoms with Crippen molar-refractivity contribution in [3.63, 3.8) is 0 Å². The number of amides is 1. The second kappa shape index (κ2) is 7.70. The van der Waals surface area contributed by atoms with Gasteiger partial charge in [-0.25, -0.2) is 4.99 Å². The van der Waals surface area contributed by atoms with Crippen LogP contribution in [-0.4, -0.2) is 31.7 Å². The molecule has 25 heavy (non-hydrogen) atoms. The molecule has 2 aromatic carbocycles. The number of amidine groups is 1. The summed E-state index contributed by atoms with van der Waals surface area (Å²) >= 11 is 0. The zero-order chi connectivity index (χ0) is 17.6. The van der Waals surface area contributed by atoms with E-state index in [4.69, 9.17) is 15.2 Å². The molecule has 1 atom stereocenters. The molecular weight excluding hydrogens is 318 g/mol. The summed E-state index contributed by atoms with van der Waals surface area (Å²) in [5.41, 5.74) is 8.03. The number of hydrogen-bond donors (Lipinski definition) is 2. The molecule has 1 amide bonds. The van der Waals surface area contributed by atoms with Crippen molar-refractivity contribution in [3.8, 4) is 5.75 Å². The Hall–Kier alpha value is -3.02. The molecule has 2 aromatic rings. The minimum absolute atomic E-state index is 0.134. The molecule has 0 spiro atoms. The average Bonchev–Trinajstić information content (AvgIpc) is 3.06. The van der Waals surface area contributed by atoms with Gasteiger partial charge in [0.05, 0.1) is 13.2 Å². The maximum atomic E-state index is 12.2.